The molecule has 2 heteroatoms. The van der Waals surface area contributed by atoms with E-state index in [-0.39, 0.29) is 0 Å². The molecule has 0 aliphatic carbocycles. The Bertz CT molecular complexity index is 352. The lowest BCUT2D eigenvalue weighted by molar-refractivity contribution is -0.168. The summed E-state index contributed by atoms with van der Waals surface area (Å²) in [6, 6.07) is 6.30. The minimum absolute atomic E-state index is 0.490. The zero-order valence-electron chi connectivity index (χ0n) is 9.67. The Kier molecular flexibility index (Phi) is 2.81. The van der Waals surface area contributed by atoms with E-state index in [1.165, 1.54) is 16.7 Å². The van der Waals surface area contributed by atoms with E-state index in [0.29, 0.717) is 13.2 Å². The second-order valence-electron chi connectivity index (χ2n) is 4.05. The molecule has 0 amide bonds. The van der Waals surface area contributed by atoms with Gasteiger partial charge >= 0.3 is 0 Å². The molecule has 1 aliphatic rings. The zero-order chi connectivity index (χ0) is 10.9. The quantitative estimate of drug-likeness (QED) is 0.740. The summed E-state index contributed by atoms with van der Waals surface area (Å²) in [5, 5.41) is 0. The van der Waals surface area contributed by atoms with Crippen molar-refractivity contribution in [3.63, 3.8) is 0 Å². The van der Waals surface area contributed by atoms with E-state index in [2.05, 4.69) is 39.0 Å². The molecule has 1 fully saturated rings. The summed E-state index contributed by atoms with van der Waals surface area (Å²) in [5.74, 6) is -0.490. The van der Waals surface area contributed by atoms with Gasteiger partial charge < -0.3 is 9.47 Å². The van der Waals surface area contributed by atoms with Crippen LogP contribution in [0.3, 0.4) is 0 Å². The molecule has 1 heterocycles. The zero-order valence-corrected chi connectivity index (χ0v) is 9.67. The summed E-state index contributed by atoms with van der Waals surface area (Å²) in [4.78, 5) is 0. The van der Waals surface area contributed by atoms with E-state index in [0.717, 1.165) is 6.42 Å². The lowest BCUT2D eigenvalue weighted by Gasteiger charge is -2.28. The monoisotopic (exact) mass is 206 g/mol. The van der Waals surface area contributed by atoms with Gasteiger partial charge in [-0.2, -0.15) is 0 Å². The van der Waals surface area contributed by atoms with Gasteiger partial charge in [-0.3, -0.25) is 0 Å². The molecule has 1 aromatic carbocycles. The topological polar surface area (TPSA) is 18.5 Å². The van der Waals surface area contributed by atoms with Crippen LogP contribution < -0.4 is 0 Å². The molecule has 0 bridgehead atoms. The third-order valence-corrected chi connectivity index (χ3v) is 3.23. The highest BCUT2D eigenvalue weighted by Crippen LogP contribution is 2.37. The fourth-order valence-corrected chi connectivity index (χ4v) is 2.17. The van der Waals surface area contributed by atoms with Gasteiger partial charge in [0.1, 0.15) is 0 Å². The van der Waals surface area contributed by atoms with Gasteiger partial charge in [0, 0.05) is 12.0 Å². The Morgan fingerprint density at radius 1 is 1.20 bits per heavy atom. The van der Waals surface area contributed by atoms with Crippen LogP contribution in [0.4, 0.5) is 0 Å². The van der Waals surface area contributed by atoms with Crippen molar-refractivity contribution in [2.45, 2.75) is 33.0 Å². The van der Waals surface area contributed by atoms with Gasteiger partial charge in [0.05, 0.1) is 13.2 Å². The summed E-state index contributed by atoms with van der Waals surface area (Å²) in [5.41, 5.74) is 3.75. The van der Waals surface area contributed by atoms with Crippen LogP contribution in [0.15, 0.2) is 18.2 Å². The van der Waals surface area contributed by atoms with E-state index in [1.807, 2.05) is 0 Å². The highest BCUT2D eigenvalue weighted by Gasteiger charge is 2.37. The molecule has 0 radical (unpaired) electrons. The van der Waals surface area contributed by atoms with E-state index < -0.39 is 5.79 Å². The van der Waals surface area contributed by atoms with Crippen molar-refractivity contribution >= 4 is 0 Å². The number of rotatable bonds is 2. The fourth-order valence-electron chi connectivity index (χ4n) is 2.17. The molecule has 0 N–H and O–H groups in total. The van der Waals surface area contributed by atoms with Crippen LogP contribution in [0.2, 0.25) is 0 Å². The molecule has 82 valence electrons. The number of hydrogen-bond acceptors (Lipinski definition) is 2. The number of aryl methyl sites for hydroxylation is 1. The van der Waals surface area contributed by atoms with Crippen LogP contribution in [-0.2, 0) is 15.3 Å². The molecule has 2 nitrogen and oxygen atoms in total. The molecule has 0 aromatic heterocycles. The Morgan fingerprint density at radius 3 is 2.47 bits per heavy atom. The lowest BCUT2D eigenvalue weighted by atomic mass is 9.95. The average Bonchev–Trinajstić information content (AvgIpc) is 2.72. The van der Waals surface area contributed by atoms with Crippen molar-refractivity contribution in [3.8, 4) is 0 Å². The largest absolute Gasteiger partial charge is 0.343 e. The molecule has 0 spiro atoms. The standard InChI is InChI=1S/C13H18O2/c1-4-13(14-8-9-15-13)12-7-5-6-10(2)11(12)3/h5-7H,4,8-9H2,1-3H3. The molecule has 1 aromatic rings. The molecule has 1 saturated heterocycles. The summed E-state index contributed by atoms with van der Waals surface area (Å²) in [6.07, 6.45) is 0.858. The number of benzene rings is 1. The summed E-state index contributed by atoms with van der Waals surface area (Å²) in [6.45, 7) is 7.75. The van der Waals surface area contributed by atoms with Crippen molar-refractivity contribution in [1.82, 2.24) is 0 Å². The second-order valence-corrected chi connectivity index (χ2v) is 4.05. The van der Waals surface area contributed by atoms with Crippen molar-refractivity contribution in [2.24, 2.45) is 0 Å². The van der Waals surface area contributed by atoms with E-state index in [9.17, 15) is 0 Å². The van der Waals surface area contributed by atoms with E-state index in [1.54, 1.807) is 0 Å². The predicted molar refractivity (Wildman–Crippen MR) is 59.8 cm³/mol. The van der Waals surface area contributed by atoms with Crippen molar-refractivity contribution in [1.29, 1.82) is 0 Å². The maximum Gasteiger partial charge on any atom is 0.194 e. The maximum absolute atomic E-state index is 5.79. The van der Waals surface area contributed by atoms with Crippen LogP contribution in [0.1, 0.15) is 30.0 Å². The highest BCUT2D eigenvalue weighted by atomic mass is 16.7. The van der Waals surface area contributed by atoms with Gasteiger partial charge in [0.25, 0.3) is 0 Å². The molecular weight excluding hydrogens is 188 g/mol. The van der Waals surface area contributed by atoms with Gasteiger partial charge in [-0.15, -0.1) is 0 Å². The van der Waals surface area contributed by atoms with Crippen LogP contribution in [0.5, 0.6) is 0 Å². The van der Waals surface area contributed by atoms with Gasteiger partial charge in [-0.1, -0.05) is 25.1 Å². The first-order valence-corrected chi connectivity index (χ1v) is 5.54. The first-order valence-electron chi connectivity index (χ1n) is 5.54. The summed E-state index contributed by atoms with van der Waals surface area (Å²) < 4.78 is 11.6. The molecule has 0 saturated carbocycles. The second kappa shape index (κ2) is 3.95. The maximum atomic E-state index is 5.79. The molecule has 2 rings (SSSR count). The van der Waals surface area contributed by atoms with Crippen LogP contribution in [0, 0.1) is 13.8 Å². The van der Waals surface area contributed by atoms with Crippen molar-refractivity contribution < 1.29 is 9.47 Å². The highest BCUT2D eigenvalue weighted by molar-refractivity contribution is 5.36. The van der Waals surface area contributed by atoms with Crippen molar-refractivity contribution in [2.75, 3.05) is 13.2 Å². The minimum atomic E-state index is -0.490. The van der Waals surface area contributed by atoms with Gasteiger partial charge in [0.15, 0.2) is 5.79 Å². The average molecular weight is 206 g/mol. The molecule has 1 aliphatic heterocycles. The Balaban J connectivity index is 2.47. The fraction of sp³-hybridized carbons (Fsp3) is 0.538. The first kappa shape index (κ1) is 10.7. The molecule has 15 heavy (non-hydrogen) atoms. The van der Waals surface area contributed by atoms with Gasteiger partial charge in [-0.25, -0.2) is 0 Å². The van der Waals surface area contributed by atoms with Crippen LogP contribution >= 0.6 is 0 Å². The normalized spacial score (nSPS) is 19.4. The van der Waals surface area contributed by atoms with Crippen molar-refractivity contribution in [3.05, 3.63) is 34.9 Å². The van der Waals surface area contributed by atoms with Gasteiger partial charge in [-0.05, 0) is 25.0 Å². The summed E-state index contributed by atoms with van der Waals surface area (Å²) >= 11 is 0. The molecule has 0 unspecified atom stereocenters. The third kappa shape index (κ3) is 1.68. The van der Waals surface area contributed by atoms with Gasteiger partial charge in [0.2, 0.25) is 0 Å². The number of ether oxygens (including phenoxy) is 2. The number of hydrogen-bond donors (Lipinski definition) is 0. The summed E-state index contributed by atoms with van der Waals surface area (Å²) in [7, 11) is 0. The molecule has 0 atom stereocenters. The van der Waals surface area contributed by atoms with Crippen LogP contribution in [-0.4, -0.2) is 13.2 Å². The van der Waals surface area contributed by atoms with E-state index in [4.69, 9.17) is 9.47 Å². The first-order chi connectivity index (χ1) is 7.19. The third-order valence-electron chi connectivity index (χ3n) is 3.23. The Labute approximate surface area is 91.2 Å². The van der Waals surface area contributed by atoms with Crippen LogP contribution in [0.25, 0.3) is 0 Å². The minimum Gasteiger partial charge on any atom is -0.343 e. The lowest BCUT2D eigenvalue weighted by Crippen LogP contribution is -2.27. The molecular formula is C13H18O2. The smallest absolute Gasteiger partial charge is 0.194 e. The Morgan fingerprint density at radius 2 is 1.87 bits per heavy atom. The SMILES string of the molecule is CCC1(c2cccc(C)c2C)OCCO1. The Hall–Kier alpha value is -0.860. The predicted octanol–water partition coefficient (Wildman–Crippen LogP) is 2.91. The van der Waals surface area contributed by atoms with E-state index >= 15 is 0 Å².